The minimum Gasteiger partial charge on any atom is -0.743 e. The first-order chi connectivity index (χ1) is 13.4. The highest BCUT2D eigenvalue weighted by atomic mass is 32.2. The van der Waals surface area contributed by atoms with Crippen LogP contribution in [0.4, 0.5) is 35.1 Å². The van der Waals surface area contributed by atoms with E-state index in [4.69, 9.17) is 0 Å². The lowest BCUT2D eigenvalue weighted by Gasteiger charge is -2.34. The van der Waals surface area contributed by atoms with Crippen LogP contribution in [0.2, 0.25) is 0 Å². The molecule has 0 fully saturated rings. The van der Waals surface area contributed by atoms with Gasteiger partial charge in [-0.1, -0.05) is 12.8 Å². The van der Waals surface area contributed by atoms with Crippen molar-refractivity contribution in [3.63, 3.8) is 0 Å². The van der Waals surface area contributed by atoms with Gasteiger partial charge in [-0.25, -0.2) is 12.8 Å². The van der Waals surface area contributed by atoms with Gasteiger partial charge in [0.15, 0.2) is 16.3 Å². The van der Waals surface area contributed by atoms with Crippen LogP contribution in [0.1, 0.15) is 59.8 Å². The second-order valence-electron chi connectivity index (χ2n) is 6.88. The highest BCUT2D eigenvalue weighted by Gasteiger charge is 2.66. The summed E-state index contributed by atoms with van der Waals surface area (Å²) in [6.45, 7) is 14.2. The Morgan fingerprint density at radius 2 is 1.20 bits per heavy atom. The molecule has 1 unspecified atom stereocenters. The normalized spacial score (nSPS) is 14.8. The van der Waals surface area contributed by atoms with Crippen LogP contribution in [0, 0.1) is 0 Å². The Kier molecular flexibility index (Phi) is 13.0. The van der Waals surface area contributed by atoms with Crippen molar-refractivity contribution in [1.82, 2.24) is 0 Å². The number of halogens is 8. The Morgan fingerprint density at radius 1 is 0.800 bits per heavy atom. The van der Waals surface area contributed by atoms with E-state index in [1.54, 1.807) is 0 Å². The van der Waals surface area contributed by atoms with Crippen molar-refractivity contribution in [3.05, 3.63) is 0 Å². The van der Waals surface area contributed by atoms with Crippen molar-refractivity contribution in [2.75, 3.05) is 26.2 Å². The summed E-state index contributed by atoms with van der Waals surface area (Å²) < 4.78 is 131. The first kappa shape index (κ1) is 31.5. The van der Waals surface area contributed by atoms with Gasteiger partial charge in [0.05, 0.1) is 26.2 Å². The van der Waals surface area contributed by atoms with E-state index in [-0.39, 0.29) is 6.42 Å². The van der Waals surface area contributed by atoms with Gasteiger partial charge in [-0.3, -0.25) is 0 Å². The van der Waals surface area contributed by atoms with Crippen molar-refractivity contribution in [2.45, 2.75) is 83.3 Å². The predicted octanol–water partition coefficient (Wildman–Crippen LogP) is 5.49. The molecule has 0 aromatic rings. The quantitative estimate of drug-likeness (QED) is 0.160. The Morgan fingerprint density at radius 3 is 1.47 bits per heavy atom. The zero-order chi connectivity index (χ0) is 24.4. The van der Waals surface area contributed by atoms with E-state index in [2.05, 4.69) is 27.7 Å². The maximum Gasteiger partial charge on any atom is 0.399 e. The van der Waals surface area contributed by atoms with E-state index in [1.807, 2.05) is 0 Å². The van der Waals surface area contributed by atoms with Crippen LogP contribution >= 0.6 is 0 Å². The van der Waals surface area contributed by atoms with Gasteiger partial charge in [0, 0.05) is 6.42 Å². The molecule has 13 heteroatoms. The number of hydrogen-bond donors (Lipinski definition) is 0. The summed E-state index contributed by atoms with van der Waals surface area (Å²) in [5.74, 6) is -5.75. The molecule has 0 rings (SSSR count). The molecule has 184 valence electrons. The van der Waals surface area contributed by atoms with Gasteiger partial charge >= 0.3 is 17.4 Å². The molecule has 0 amide bonds. The summed E-state index contributed by atoms with van der Waals surface area (Å²) in [7, 11) is -6.78. The number of quaternary nitrogens is 1. The first-order valence-corrected chi connectivity index (χ1v) is 11.0. The number of rotatable bonds is 12. The van der Waals surface area contributed by atoms with Gasteiger partial charge in [-0.15, -0.1) is 0 Å². The van der Waals surface area contributed by atoms with E-state index < -0.39 is 59.3 Å². The summed E-state index contributed by atoms with van der Waals surface area (Å²) in [5, 5.41) is -6.13. The van der Waals surface area contributed by atoms with Crippen LogP contribution in [-0.4, -0.2) is 67.2 Å². The van der Waals surface area contributed by atoms with Crippen molar-refractivity contribution in [3.8, 4) is 0 Å². The zero-order valence-electron chi connectivity index (χ0n) is 17.5. The van der Waals surface area contributed by atoms with Crippen LogP contribution in [0.15, 0.2) is 0 Å². The van der Waals surface area contributed by atoms with Gasteiger partial charge in [0.25, 0.3) is 0 Å². The fourth-order valence-corrected chi connectivity index (χ4v) is 3.16. The predicted molar refractivity (Wildman–Crippen MR) is 96.1 cm³/mol. The number of hydrogen-bond acceptors (Lipinski definition) is 3. The standard InChI is InChI=1S/C9H12F8O3S.C8H20N/c10-6(4-2-1-3-5-7(11,12)13)8(14,15)9(16,17)21(18,19)20;1-5-9(6-2,7-3)8-4/h6H,1-5H2,(H,18,19,20);5-8H2,1-4H3/q;+1/p-1. The molecule has 4 nitrogen and oxygen atoms in total. The molecule has 0 radical (unpaired) electrons. The van der Waals surface area contributed by atoms with E-state index in [1.165, 1.54) is 30.7 Å². The Labute approximate surface area is 173 Å². The van der Waals surface area contributed by atoms with Crippen LogP contribution in [0.5, 0.6) is 0 Å². The largest absolute Gasteiger partial charge is 0.743 e. The van der Waals surface area contributed by atoms with Crippen molar-refractivity contribution < 1.29 is 52.6 Å². The fourth-order valence-electron chi connectivity index (χ4n) is 2.70. The molecule has 0 spiro atoms. The number of unbranched alkanes of at least 4 members (excludes halogenated alkanes) is 2. The van der Waals surface area contributed by atoms with Crippen molar-refractivity contribution >= 4 is 10.1 Å². The summed E-state index contributed by atoms with van der Waals surface area (Å²) in [5.41, 5.74) is 0. The lowest BCUT2D eigenvalue weighted by molar-refractivity contribution is -0.921. The van der Waals surface area contributed by atoms with Gasteiger partial charge in [-0.05, 0) is 40.5 Å². The fraction of sp³-hybridized carbons (Fsp3) is 1.00. The number of nitrogens with zero attached hydrogens (tertiary/aromatic N) is 1. The topological polar surface area (TPSA) is 57.2 Å². The third-order valence-electron chi connectivity index (χ3n) is 5.20. The molecular weight excluding hydrogens is 450 g/mol. The highest BCUT2D eigenvalue weighted by molar-refractivity contribution is 7.86. The summed E-state index contributed by atoms with van der Waals surface area (Å²) in [4.78, 5) is 0. The molecule has 0 bridgehead atoms. The Balaban J connectivity index is 0. The second-order valence-corrected chi connectivity index (χ2v) is 8.30. The average Bonchev–Trinajstić information content (AvgIpc) is 2.62. The zero-order valence-corrected chi connectivity index (χ0v) is 18.4. The van der Waals surface area contributed by atoms with Gasteiger partial charge in [-0.2, -0.15) is 30.7 Å². The van der Waals surface area contributed by atoms with Crippen LogP contribution < -0.4 is 0 Å². The van der Waals surface area contributed by atoms with Gasteiger partial charge in [0.1, 0.15) is 0 Å². The van der Waals surface area contributed by atoms with Gasteiger partial charge < -0.3 is 9.04 Å². The molecule has 0 saturated heterocycles. The average molecular weight is 481 g/mol. The molecule has 0 aliphatic rings. The third-order valence-corrected chi connectivity index (χ3v) is 6.10. The minimum atomic E-state index is -6.78. The van der Waals surface area contributed by atoms with Crippen molar-refractivity contribution in [1.29, 1.82) is 0 Å². The molecule has 0 heterocycles. The van der Waals surface area contributed by atoms with E-state index >= 15 is 0 Å². The Hall–Kier alpha value is -0.690. The first-order valence-electron chi connectivity index (χ1n) is 9.64. The molecule has 0 aromatic heterocycles. The monoisotopic (exact) mass is 481 g/mol. The van der Waals surface area contributed by atoms with Crippen LogP contribution in [0.25, 0.3) is 0 Å². The summed E-state index contributed by atoms with van der Waals surface area (Å²) in [6.07, 6.45) is -12.2. The van der Waals surface area contributed by atoms with E-state index in [9.17, 15) is 48.1 Å². The second kappa shape index (κ2) is 12.4. The summed E-state index contributed by atoms with van der Waals surface area (Å²) >= 11 is 0. The van der Waals surface area contributed by atoms with Crippen LogP contribution in [0.3, 0.4) is 0 Å². The molecule has 1 atom stereocenters. The van der Waals surface area contributed by atoms with E-state index in [0.717, 1.165) is 0 Å². The molecule has 0 aliphatic heterocycles. The van der Waals surface area contributed by atoms with Crippen molar-refractivity contribution in [2.24, 2.45) is 0 Å². The third kappa shape index (κ3) is 9.63. The lowest BCUT2D eigenvalue weighted by atomic mass is 10.1. The van der Waals surface area contributed by atoms with Gasteiger partial charge in [0.2, 0.25) is 0 Å². The molecule has 0 aromatic carbocycles. The Bertz CT molecular complexity index is 561. The molecule has 30 heavy (non-hydrogen) atoms. The highest BCUT2D eigenvalue weighted by Crippen LogP contribution is 2.43. The summed E-state index contributed by atoms with van der Waals surface area (Å²) in [6, 6.07) is 0. The maximum absolute atomic E-state index is 13.0. The lowest BCUT2D eigenvalue weighted by Crippen LogP contribution is -2.52. The maximum atomic E-state index is 13.0. The molecule has 0 N–H and O–H groups in total. The molecular formula is C17H31F8NO3S. The number of alkyl halides is 8. The molecule has 0 aliphatic carbocycles. The van der Waals surface area contributed by atoms with E-state index in [0.29, 0.717) is 0 Å². The SMILES string of the molecule is CC[N+](CC)(CC)CC.O=S(=O)([O-])C(F)(F)C(F)(F)C(F)CCCCCC(F)(F)F. The minimum absolute atomic E-state index is 0.369. The van der Waals surface area contributed by atoms with Crippen LogP contribution in [-0.2, 0) is 10.1 Å². The smallest absolute Gasteiger partial charge is 0.399 e. The molecule has 0 saturated carbocycles.